The van der Waals surface area contributed by atoms with Gasteiger partial charge in [-0.1, -0.05) is 0 Å². The molecule has 0 unspecified atom stereocenters. The Morgan fingerprint density at radius 3 is 3.15 bits per heavy atom. The van der Waals surface area contributed by atoms with E-state index < -0.39 is 0 Å². The number of halogens is 1. The van der Waals surface area contributed by atoms with Crippen molar-refractivity contribution in [1.29, 1.82) is 0 Å². The number of nitrogens with one attached hydrogen (secondary N) is 1. The second-order valence-corrected chi connectivity index (χ2v) is 2.67. The van der Waals surface area contributed by atoms with Crippen LogP contribution in [0.5, 0.6) is 5.75 Å². The summed E-state index contributed by atoms with van der Waals surface area (Å²) < 4.78 is 18.3. The third-order valence-electron chi connectivity index (χ3n) is 1.79. The van der Waals surface area contributed by atoms with E-state index in [1.807, 2.05) is 6.92 Å². The van der Waals surface area contributed by atoms with Crippen molar-refractivity contribution in [1.82, 2.24) is 10.2 Å². The SMILES string of the molecule is CCOc1cc2[nH]ncc2cc1F. The molecule has 0 saturated carbocycles. The van der Waals surface area contributed by atoms with Gasteiger partial charge < -0.3 is 4.74 Å². The predicted octanol–water partition coefficient (Wildman–Crippen LogP) is 2.10. The topological polar surface area (TPSA) is 37.9 Å². The maximum atomic E-state index is 13.2. The summed E-state index contributed by atoms with van der Waals surface area (Å²) in [6.07, 6.45) is 1.58. The number of aromatic nitrogens is 2. The van der Waals surface area contributed by atoms with E-state index in [0.717, 1.165) is 10.9 Å². The zero-order valence-corrected chi connectivity index (χ0v) is 7.17. The highest BCUT2D eigenvalue weighted by atomic mass is 19.1. The van der Waals surface area contributed by atoms with E-state index in [0.29, 0.717) is 6.61 Å². The maximum absolute atomic E-state index is 13.2. The van der Waals surface area contributed by atoms with Gasteiger partial charge in [0, 0.05) is 11.5 Å². The first kappa shape index (κ1) is 8.04. The largest absolute Gasteiger partial charge is 0.491 e. The van der Waals surface area contributed by atoms with Gasteiger partial charge >= 0.3 is 0 Å². The standard InChI is InChI=1S/C9H9FN2O/c1-2-13-9-4-8-6(3-7(9)10)5-11-12-8/h3-5H,2H2,1H3,(H,11,12). The first-order chi connectivity index (χ1) is 6.31. The maximum Gasteiger partial charge on any atom is 0.165 e. The van der Waals surface area contributed by atoms with E-state index in [-0.39, 0.29) is 11.6 Å². The van der Waals surface area contributed by atoms with Crippen LogP contribution in [0.25, 0.3) is 10.9 Å². The van der Waals surface area contributed by atoms with Crippen molar-refractivity contribution in [2.24, 2.45) is 0 Å². The molecule has 0 fully saturated rings. The van der Waals surface area contributed by atoms with Crippen molar-refractivity contribution in [3.8, 4) is 5.75 Å². The molecule has 13 heavy (non-hydrogen) atoms. The summed E-state index contributed by atoms with van der Waals surface area (Å²) >= 11 is 0. The molecule has 0 aliphatic carbocycles. The normalized spacial score (nSPS) is 10.6. The number of nitrogens with zero attached hydrogens (tertiary/aromatic N) is 1. The smallest absolute Gasteiger partial charge is 0.165 e. The zero-order chi connectivity index (χ0) is 9.26. The highest BCUT2D eigenvalue weighted by Crippen LogP contribution is 2.22. The van der Waals surface area contributed by atoms with Crippen LogP contribution in [0.15, 0.2) is 18.3 Å². The van der Waals surface area contributed by atoms with Gasteiger partial charge in [0.25, 0.3) is 0 Å². The molecular weight excluding hydrogens is 171 g/mol. The fraction of sp³-hybridized carbons (Fsp3) is 0.222. The first-order valence-corrected chi connectivity index (χ1v) is 4.06. The number of aromatic amines is 1. The summed E-state index contributed by atoms with van der Waals surface area (Å²) in [5, 5.41) is 7.30. The summed E-state index contributed by atoms with van der Waals surface area (Å²) in [6, 6.07) is 3.02. The molecule has 0 aliphatic heterocycles. The summed E-state index contributed by atoms with van der Waals surface area (Å²) in [7, 11) is 0. The summed E-state index contributed by atoms with van der Waals surface area (Å²) in [4.78, 5) is 0. The number of ether oxygens (including phenoxy) is 1. The van der Waals surface area contributed by atoms with Crippen LogP contribution in [-0.4, -0.2) is 16.8 Å². The summed E-state index contributed by atoms with van der Waals surface area (Å²) in [6.45, 7) is 2.27. The molecule has 2 aromatic rings. The van der Waals surface area contributed by atoms with Crippen LogP contribution in [0.3, 0.4) is 0 Å². The Labute approximate surface area is 74.5 Å². The van der Waals surface area contributed by atoms with Gasteiger partial charge in [0.05, 0.1) is 18.3 Å². The van der Waals surface area contributed by atoms with Gasteiger partial charge in [0.1, 0.15) is 0 Å². The fourth-order valence-corrected chi connectivity index (χ4v) is 1.21. The van der Waals surface area contributed by atoms with Crippen molar-refractivity contribution >= 4 is 10.9 Å². The lowest BCUT2D eigenvalue weighted by atomic mass is 10.2. The van der Waals surface area contributed by atoms with Crippen LogP contribution in [0, 0.1) is 5.82 Å². The van der Waals surface area contributed by atoms with Gasteiger partial charge in [0.2, 0.25) is 0 Å². The summed E-state index contributed by atoms with van der Waals surface area (Å²) in [5.41, 5.74) is 0.782. The van der Waals surface area contributed by atoms with E-state index in [9.17, 15) is 4.39 Å². The molecule has 1 heterocycles. The Balaban J connectivity index is 2.56. The van der Waals surface area contributed by atoms with Crippen LogP contribution < -0.4 is 4.74 Å². The van der Waals surface area contributed by atoms with Crippen molar-refractivity contribution in [3.05, 3.63) is 24.1 Å². The number of rotatable bonds is 2. The highest BCUT2D eigenvalue weighted by Gasteiger charge is 2.05. The number of H-pyrrole nitrogens is 1. The van der Waals surface area contributed by atoms with Crippen LogP contribution in [0.4, 0.5) is 4.39 Å². The fourth-order valence-electron chi connectivity index (χ4n) is 1.21. The third kappa shape index (κ3) is 1.35. The van der Waals surface area contributed by atoms with Crippen molar-refractivity contribution in [3.63, 3.8) is 0 Å². The molecule has 0 amide bonds. The quantitative estimate of drug-likeness (QED) is 0.768. The molecule has 68 valence electrons. The van der Waals surface area contributed by atoms with E-state index >= 15 is 0 Å². The Kier molecular flexibility index (Phi) is 1.88. The zero-order valence-electron chi connectivity index (χ0n) is 7.17. The second-order valence-electron chi connectivity index (χ2n) is 2.67. The monoisotopic (exact) mass is 180 g/mol. The van der Waals surface area contributed by atoms with Gasteiger partial charge in [-0.05, 0) is 13.0 Å². The second kappa shape index (κ2) is 3.05. The first-order valence-electron chi connectivity index (χ1n) is 4.06. The Morgan fingerprint density at radius 1 is 1.54 bits per heavy atom. The Hall–Kier alpha value is -1.58. The predicted molar refractivity (Wildman–Crippen MR) is 47.2 cm³/mol. The van der Waals surface area contributed by atoms with E-state index in [1.165, 1.54) is 6.07 Å². The molecule has 0 radical (unpaired) electrons. The van der Waals surface area contributed by atoms with Crippen LogP contribution in [0.1, 0.15) is 6.92 Å². The molecule has 2 rings (SSSR count). The molecule has 1 aromatic heterocycles. The summed E-state index contributed by atoms with van der Waals surface area (Å²) in [5.74, 6) is -0.0880. The lowest BCUT2D eigenvalue weighted by Crippen LogP contribution is -1.94. The molecule has 4 heteroatoms. The molecule has 1 N–H and O–H groups in total. The van der Waals surface area contributed by atoms with Crippen LogP contribution >= 0.6 is 0 Å². The Morgan fingerprint density at radius 2 is 2.38 bits per heavy atom. The van der Waals surface area contributed by atoms with Gasteiger partial charge in [-0.25, -0.2) is 4.39 Å². The van der Waals surface area contributed by atoms with Crippen molar-refractivity contribution < 1.29 is 9.13 Å². The van der Waals surface area contributed by atoms with Gasteiger partial charge in [-0.2, -0.15) is 5.10 Å². The average Bonchev–Trinajstić information content (AvgIpc) is 2.52. The highest BCUT2D eigenvalue weighted by molar-refractivity contribution is 5.79. The lowest BCUT2D eigenvalue weighted by molar-refractivity contribution is 0.322. The van der Waals surface area contributed by atoms with Gasteiger partial charge in [0.15, 0.2) is 11.6 Å². The molecule has 0 bridgehead atoms. The Bertz CT molecular complexity index is 424. The molecule has 0 spiro atoms. The van der Waals surface area contributed by atoms with Gasteiger partial charge in [-0.15, -0.1) is 0 Å². The minimum Gasteiger partial charge on any atom is -0.491 e. The van der Waals surface area contributed by atoms with Crippen LogP contribution in [0.2, 0.25) is 0 Å². The molecule has 0 saturated heterocycles. The lowest BCUT2D eigenvalue weighted by Gasteiger charge is -2.03. The molecule has 0 aliphatic rings. The molecule has 0 atom stereocenters. The number of fused-ring (bicyclic) bond motifs is 1. The number of hydrogen-bond donors (Lipinski definition) is 1. The average molecular weight is 180 g/mol. The number of hydrogen-bond acceptors (Lipinski definition) is 2. The molecule has 3 nitrogen and oxygen atoms in total. The van der Waals surface area contributed by atoms with Crippen molar-refractivity contribution in [2.75, 3.05) is 6.61 Å². The number of benzene rings is 1. The third-order valence-corrected chi connectivity index (χ3v) is 1.79. The minimum atomic E-state index is -0.351. The minimum absolute atomic E-state index is 0.263. The van der Waals surface area contributed by atoms with Crippen molar-refractivity contribution in [2.45, 2.75) is 6.92 Å². The molecular formula is C9H9FN2O. The van der Waals surface area contributed by atoms with E-state index in [4.69, 9.17) is 4.74 Å². The molecule has 1 aromatic carbocycles. The van der Waals surface area contributed by atoms with Gasteiger partial charge in [-0.3, -0.25) is 5.10 Å². The van der Waals surface area contributed by atoms with E-state index in [2.05, 4.69) is 10.2 Å². The van der Waals surface area contributed by atoms with E-state index in [1.54, 1.807) is 12.3 Å². The van der Waals surface area contributed by atoms with Crippen LogP contribution in [-0.2, 0) is 0 Å².